The molecule has 1 aliphatic rings. The molecule has 0 N–H and O–H groups in total. The van der Waals surface area contributed by atoms with Crippen molar-refractivity contribution in [1.29, 1.82) is 0 Å². The second-order valence-corrected chi connectivity index (χ2v) is 8.62. The number of aromatic nitrogens is 2. The van der Waals surface area contributed by atoms with Crippen LogP contribution >= 0.6 is 0 Å². The topological polar surface area (TPSA) is 78.3 Å². The maximum absolute atomic E-state index is 13.1. The van der Waals surface area contributed by atoms with Gasteiger partial charge < -0.3 is 4.74 Å². The Hall–Kier alpha value is -2.41. The minimum Gasteiger partial charge on any atom is -0.478 e. The third kappa shape index (κ3) is 3.07. The lowest BCUT2D eigenvalue weighted by molar-refractivity contribution is -0.126. The summed E-state index contributed by atoms with van der Waals surface area (Å²) in [7, 11) is -3.28. The maximum Gasteiger partial charge on any atom is 0.210 e. The number of hydrogen-bond acceptors (Lipinski definition) is 5. The summed E-state index contributed by atoms with van der Waals surface area (Å²) in [4.78, 5) is 13.3. The van der Waals surface area contributed by atoms with Crippen LogP contribution in [0.3, 0.4) is 0 Å². The van der Waals surface area contributed by atoms with Crippen molar-refractivity contribution in [3.63, 3.8) is 0 Å². The van der Waals surface area contributed by atoms with E-state index in [1.54, 1.807) is 29.9 Å². The van der Waals surface area contributed by atoms with Gasteiger partial charge in [0, 0.05) is 30.1 Å². The average molecular weight is 374 g/mol. The number of carbonyl (C=O) groups is 1. The van der Waals surface area contributed by atoms with Crippen molar-refractivity contribution >= 4 is 27.0 Å². The van der Waals surface area contributed by atoms with Crippen LogP contribution in [-0.2, 0) is 25.9 Å². The molecule has 1 unspecified atom stereocenters. The molecule has 138 valence electrons. The van der Waals surface area contributed by atoms with Crippen LogP contribution < -0.4 is 0 Å². The van der Waals surface area contributed by atoms with Gasteiger partial charge in [0.15, 0.2) is 15.4 Å². The molecular weight excluding hydrogens is 352 g/mol. The van der Waals surface area contributed by atoms with E-state index >= 15 is 0 Å². The molecule has 0 radical (unpaired) electrons. The van der Waals surface area contributed by atoms with E-state index in [0.717, 1.165) is 6.26 Å². The highest BCUT2D eigenvalue weighted by Crippen LogP contribution is 2.42. The summed E-state index contributed by atoms with van der Waals surface area (Å²) >= 11 is 0. The largest absolute Gasteiger partial charge is 0.478 e. The number of hydrogen-bond donors (Lipinski definition) is 0. The second kappa shape index (κ2) is 6.39. The van der Waals surface area contributed by atoms with E-state index in [4.69, 9.17) is 4.74 Å². The Morgan fingerprint density at radius 1 is 1.15 bits per heavy atom. The Labute approximate surface area is 153 Å². The predicted octanol–water partition coefficient (Wildman–Crippen LogP) is 2.94. The van der Waals surface area contributed by atoms with Crippen molar-refractivity contribution in [2.75, 3.05) is 6.26 Å². The zero-order valence-corrected chi connectivity index (χ0v) is 16.1. The summed E-state index contributed by atoms with van der Waals surface area (Å²) in [6.45, 7) is 6.35. The highest BCUT2D eigenvalue weighted by atomic mass is 32.2. The molecule has 0 bridgehead atoms. The number of benzene rings is 1. The number of nitrogens with zero attached hydrogens (tertiary/aromatic N) is 2. The van der Waals surface area contributed by atoms with E-state index in [1.165, 1.54) is 12.1 Å². The van der Waals surface area contributed by atoms with Crippen molar-refractivity contribution in [3.8, 4) is 0 Å². The number of ether oxygens (including phenoxy) is 1. The lowest BCUT2D eigenvalue weighted by Gasteiger charge is -2.21. The number of sulfone groups is 1. The summed E-state index contributed by atoms with van der Waals surface area (Å²) in [6, 6.07) is 6.40. The fourth-order valence-corrected chi connectivity index (χ4v) is 3.54. The van der Waals surface area contributed by atoms with Crippen molar-refractivity contribution in [1.82, 2.24) is 9.78 Å². The molecule has 6 nitrogen and oxygen atoms in total. The Morgan fingerprint density at radius 3 is 2.31 bits per heavy atom. The van der Waals surface area contributed by atoms with E-state index in [2.05, 4.69) is 5.10 Å². The predicted molar refractivity (Wildman–Crippen MR) is 99.1 cm³/mol. The van der Waals surface area contributed by atoms with E-state index in [-0.39, 0.29) is 10.7 Å². The first-order valence-corrected chi connectivity index (χ1v) is 10.4. The van der Waals surface area contributed by atoms with Gasteiger partial charge in [0.2, 0.25) is 5.78 Å². The van der Waals surface area contributed by atoms with Crippen LogP contribution in [0.1, 0.15) is 38.3 Å². The summed E-state index contributed by atoms with van der Waals surface area (Å²) in [5, 5.41) is 4.26. The smallest absolute Gasteiger partial charge is 0.210 e. The molecule has 7 heteroatoms. The van der Waals surface area contributed by atoms with Crippen molar-refractivity contribution in [3.05, 3.63) is 47.8 Å². The van der Waals surface area contributed by atoms with Crippen LogP contribution in [0.15, 0.2) is 41.6 Å². The molecule has 0 saturated heterocycles. The number of rotatable bonds is 5. The molecule has 3 rings (SSSR count). The van der Waals surface area contributed by atoms with Crippen LogP contribution in [-0.4, -0.2) is 35.8 Å². The first-order valence-electron chi connectivity index (χ1n) is 8.51. The van der Waals surface area contributed by atoms with E-state index in [1.807, 2.05) is 20.0 Å². The molecule has 2 heterocycles. The SMILES string of the molecule is CCn1cc(C2=C(c3ccc(S(C)(=O)=O)cc3)OC(C)(CC)C2=O)cn1. The maximum atomic E-state index is 13.1. The van der Waals surface area contributed by atoms with Crippen LogP contribution in [0.2, 0.25) is 0 Å². The van der Waals surface area contributed by atoms with Gasteiger partial charge in [-0.1, -0.05) is 6.92 Å². The van der Waals surface area contributed by atoms with Gasteiger partial charge in [-0.05, 0) is 44.5 Å². The minimum absolute atomic E-state index is 0.0853. The van der Waals surface area contributed by atoms with Gasteiger partial charge in [-0.3, -0.25) is 9.48 Å². The molecule has 1 aromatic heterocycles. The normalized spacial score (nSPS) is 20.5. The molecule has 1 aromatic carbocycles. The Bertz CT molecular complexity index is 987. The van der Waals surface area contributed by atoms with Gasteiger partial charge in [-0.25, -0.2) is 8.42 Å². The first-order chi connectivity index (χ1) is 12.2. The monoisotopic (exact) mass is 374 g/mol. The fourth-order valence-electron chi connectivity index (χ4n) is 2.91. The molecule has 2 aromatic rings. The van der Waals surface area contributed by atoms with E-state index in [0.29, 0.717) is 35.4 Å². The lowest BCUT2D eigenvalue weighted by Crippen LogP contribution is -2.32. The van der Waals surface area contributed by atoms with Gasteiger partial charge in [0.05, 0.1) is 16.7 Å². The molecule has 0 amide bonds. The minimum atomic E-state index is -3.28. The Kier molecular flexibility index (Phi) is 4.52. The standard InChI is InChI=1S/C19H22N2O4S/c1-5-19(3)18(22)16(14-11-20-21(6-2)12-14)17(25-19)13-7-9-15(10-8-13)26(4,23)24/h7-12H,5-6H2,1-4H3. The number of ketones is 1. The number of aryl methyl sites for hydroxylation is 1. The van der Waals surface area contributed by atoms with Crippen LogP contribution in [0.4, 0.5) is 0 Å². The Balaban J connectivity index is 2.14. The third-order valence-corrected chi connectivity index (χ3v) is 5.86. The third-order valence-electron chi connectivity index (χ3n) is 4.73. The number of Topliss-reactive ketones (excluding diaryl/α,β-unsaturated/α-hetero) is 1. The lowest BCUT2D eigenvalue weighted by atomic mass is 9.91. The zero-order chi connectivity index (χ0) is 19.1. The van der Waals surface area contributed by atoms with Crippen molar-refractivity contribution in [2.45, 2.75) is 44.2 Å². The van der Waals surface area contributed by atoms with Crippen molar-refractivity contribution < 1.29 is 17.9 Å². The van der Waals surface area contributed by atoms with Gasteiger partial charge in [0.25, 0.3) is 0 Å². The molecule has 1 atom stereocenters. The molecule has 0 saturated carbocycles. The summed E-state index contributed by atoms with van der Waals surface area (Å²) in [6.07, 6.45) is 5.17. The zero-order valence-electron chi connectivity index (χ0n) is 15.3. The van der Waals surface area contributed by atoms with Gasteiger partial charge in [-0.15, -0.1) is 0 Å². The fraction of sp³-hybridized carbons (Fsp3) is 0.368. The second-order valence-electron chi connectivity index (χ2n) is 6.60. The van der Waals surface area contributed by atoms with Crippen LogP contribution in [0.25, 0.3) is 11.3 Å². The van der Waals surface area contributed by atoms with Crippen LogP contribution in [0.5, 0.6) is 0 Å². The van der Waals surface area contributed by atoms with E-state index < -0.39 is 15.4 Å². The van der Waals surface area contributed by atoms with Gasteiger partial charge in [0.1, 0.15) is 5.76 Å². The van der Waals surface area contributed by atoms with E-state index in [9.17, 15) is 13.2 Å². The quantitative estimate of drug-likeness (QED) is 0.804. The molecule has 1 aliphatic heterocycles. The Morgan fingerprint density at radius 2 is 1.81 bits per heavy atom. The molecule has 0 spiro atoms. The first kappa shape index (κ1) is 18.4. The van der Waals surface area contributed by atoms with Gasteiger partial charge in [-0.2, -0.15) is 5.10 Å². The highest BCUT2D eigenvalue weighted by molar-refractivity contribution is 7.90. The number of carbonyl (C=O) groups excluding carboxylic acids is 1. The molecule has 0 fully saturated rings. The summed E-state index contributed by atoms with van der Waals surface area (Å²) in [5.74, 6) is 0.382. The molecule has 0 aliphatic carbocycles. The highest BCUT2D eigenvalue weighted by Gasteiger charge is 2.45. The van der Waals surface area contributed by atoms with Gasteiger partial charge >= 0.3 is 0 Å². The average Bonchev–Trinajstić information content (AvgIpc) is 3.18. The molecular formula is C19H22N2O4S. The summed E-state index contributed by atoms with van der Waals surface area (Å²) < 4.78 is 31.2. The molecule has 26 heavy (non-hydrogen) atoms. The van der Waals surface area contributed by atoms with Crippen LogP contribution in [0, 0.1) is 0 Å². The summed E-state index contributed by atoms with van der Waals surface area (Å²) in [5.41, 5.74) is 0.925. The van der Waals surface area contributed by atoms with Crippen molar-refractivity contribution in [2.24, 2.45) is 0 Å².